The number of aromatic nitrogens is 3. The predicted molar refractivity (Wildman–Crippen MR) is 76.4 cm³/mol. The van der Waals surface area contributed by atoms with E-state index < -0.39 is 5.91 Å². The van der Waals surface area contributed by atoms with E-state index in [2.05, 4.69) is 20.4 Å². The summed E-state index contributed by atoms with van der Waals surface area (Å²) in [5.41, 5.74) is 1.63. The Morgan fingerprint density at radius 2 is 2.38 bits per heavy atom. The van der Waals surface area contributed by atoms with E-state index in [0.29, 0.717) is 5.13 Å². The van der Waals surface area contributed by atoms with Crippen LogP contribution in [-0.4, -0.2) is 28.1 Å². The Bertz CT molecular complexity index is 754. The molecule has 7 nitrogen and oxygen atoms in total. The molecule has 0 unspecified atom stereocenters. The first kappa shape index (κ1) is 13.3. The maximum absolute atomic E-state index is 11.9. The molecule has 8 heteroatoms. The summed E-state index contributed by atoms with van der Waals surface area (Å²) in [6.45, 7) is 0. The zero-order chi connectivity index (χ0) is 14.7. The number of ether oxygens (including phenoxy) is 1. The molecule has 0 aromatic carbocycles. The fraction of sp³-hybridized carbons (Fsp3) is 0.0769. The molecule has 0 spiro atoms. The average Bonchev–Trinajstić information content (AvgIpc) is 3.17. The van der Waals surface area contributed by atoms with Crippen LogP contribution in [0.1, 0.15) is 10.6 Å². The highest BCUT2D eigenvalue weighted by Gasteiger charge is 2.15. The molecule has 0 saturated heterocycles. The van der Waals surface area contributed by atoms with Gasteiger partial charge in [-0.05, 0) is 17.3 Å². The Morgan fingerprint density at radius 3 is 3.10 bits per heavy atom. The van der Waals surface area contributed by atoms with Gasteiger partial charge in [0.1, 0.15) is 0 Å². The van der Waals surface area contributed by atoms with E-state index in [1.54, 1.807) is 12.4 Å². The average molecular weight is 302 g/mol. The summed E-state index contributed by atoms with van der Waals surface area (Å²) in [6.07, 6.45) is 3.40. The number of hydrogen-bond acceptors (Lipinski definition) is 7. The highest BCUT2D eigenvalue weighted by atomic mass is 32.1. The number of pyridine rings is 1. The minimum absolute atomic E-state index is 0.0602. The van der Waals surface area contributed by atoms with Gasteiger partial charge < -0.3 is 9.26 Å². The largest absolute Gasteiger partial charge is 0.479 e. The second kappa shape index (κ2) is 5.71. The van der Waals surface area contributed by atoms with E-state index >= 15 is 0 Å². The lowest BCUT2D eigenvalue weighted by Crippen LogP contribution is -2.10. The van der Waals surface area contributed by atoms with Crippen molar-refractivity contribution in [1.82, 2.24) is 15.1 Å². The number of hydrogen-bond donors (Lipinski definition) is 1. The maximum atomic E-state index is 11.9. The van der Waals surface area contributed by atoms with Crippen molar-refractivity contribution >= 4 is 22.4 Å². The molecule has 21 heavy (non-hydrogen) atoms. The summed E-state index contributed by atoms with van der Waals surface area (Å²) in [5, 5.41) is 8.52. The van der Waals surface area contributed by atoms with Crippen LogP contribution in [0, 0.1) is 0 Å². The van der Waals surface area contributed by atoms with Crippen molar-refractivity contribution < 1.29 is 14.1 Å². The van der Waals surface area contributed by atoms with E-state index in [0.717, 1.165) is 11.3 Å². The Hall–Kier alpha value is -2.74. The summed E-state index contributed by atoms with van der Waals surface area (Å²) in [6, 6.07) is 5.13. The predicted octanol–water partition coefficient (Wildman–Crippen LogP) is 2.45. The number of carbonyl (C=O) groups is 1. The van der Waals surface area contributed by atoms with Crippen molar-refractivity contribution in [2.45, 2.75) is 0 Å². The van der Waals surface area contributed by atoms with Crippen LogP contribution < -0.4 is 10.1 Å². The monoisotopic (exact) mass is 302 g/mol. The second-order valence-electron chi connectivity index (χ2n) is 3.97. The van der Waals surface area contributed by atoms with Crippen LogP contribution in [0.5, 0.6) is 5.88 Å². The van der Waals surface area contributed by atoms with Crippen molar-refractivity contribution in [2.75, 3.05) is 12.4 Å². The van der Waals surface area contributed by atoms with Crippen molar-refractivity contribution in [2.24, 2.45) is 0 Å². The van der Waals surface area contributed by atoms with Gasteiger partial charge in [-0.15, -0.1) is 11.3 Å². The zero-order valence-corrected chi connectivity index (χ0v) is 11.8. The van der Waals surface area contributed by atoms with Crippen LogP contribution in [0.2, 0.25) is 0 Å². The Morgan fingerprint density at radius 1 is 1.48 bits per heavy atom. The number of carbonyl (C=O) groups excluding carboxylic acids is 1. The first-order valence-corrected chi connectivity index (χ1v) is 6.82. The quantitative estimate of drug-likeness (QED) is 0.796. The lowest BCUT2D eigenvalue weighted by molar-refractivity contribution is 0.0987. The number of amides is 1. The fourth-order valence-corrected chi connectivity index (χ4v) is 2.31. The van der Waals surface area contributed by atoms with E-state index in [4.69, 9.17) is 9.26 Å². The van der Waals surface area contributed by atoms with Gasteiger partial charge in [0, 0.05) is 23.3 Å². The third-order valence-electron chi connectivity index (χ3n) is 2.60. The van der Waals surface area contributed by atoms with Crippen molar-refractivity contribution in [3.63, 3.8) is 0 Å². The zero-order valence-electron chi connectivity index (χ0n) is 10.9. The van der Waals surface area contributed by atoms with Crippen molar-refractivity contribution in [1.29, 1.82) is 0 Å². The van der Waals surface area contributed by atoms with Gasteiger partial charge in [0.15, 0.2) is 5.13 Å². The summed E-state index contributed by atoms with van der Waals surface area (Å²) < 4.78 is 9.71. The third-order valence-corrected chi connectivity index (χ3v) is 3.36. The molecule has 3 aromatic rings. The van der Waals surface area contributed by atoms with Crippen LogP contribution in [0.15, 0.2) is 40.5 Å². The van der Waals surface area contributed by atoms with E-state index in [-0.39, 0.29) is 11.6 Å². The van der Waals surface area contributed by atoms with Crippen LogP contribution in [0.4, 0.5) is 5.13 Å². The lowest BCUT2D eigenvalue weighted by atomic mass is 10.2. The van der Waals surface area contributed by atoms with Crippen LogP contribution in [0.3, 0.4) is 0 Å². The van der Waals surface area contributed by atoms with Gasteiger partial charge in [-0.25, -0.2) is 4.98 Å². The number of nitrogens with zero attached hydrogens (tertiary/aromatic N) is 3. The van der Waals surface area contributed by atoms with Gasteiger partial charge >= 0.3 is 0 Å². The molecule has 1 N–H and O–H groups in total. The van der Waals surface area contributed by atoms with Gasteiger partial charge in [-0.3, -0.25) is 15.1 Å². The minimum atomic E-state index is -0.433. The van der Waals surface area contributed by atoms with Gasteiger partial charge in [0.25, 0.3) is 11.8 Å². The summed E-state index contributed by atoms with van der Waals surface area (Å²) >= 11 is 1.32. The molecule has 3 rings (SSSR count). The standard InChI is InChI=1S/C13H10N4O3S/c1-19-11-5-10(20-17-11)12(18)16-13-15-9(7-21-13)8-3-2-4-14-6-8/h2-7H,1H3,(H,15,16,18). The topological polar surface area (TPSA) is 90.1 Å². The van der Waals surface area contributed by atoms with E-state index in [1.165, 1.54) is 24.5 Å². The number of rotatable bonds is 4. The second-order valence-corrected chi connectivity index (χ2v) is 4.83. The highest BCUT2D eigenvalue weighted by molar-refractivity contribution is 7.14. The van der Waals surface area contributed by atoms with Crippen LogP contribution >= 0.6 is 11.3 Å². The van der Waals surface area contributed by atoms with Gasteiger partial charge in [-0.2, -0.15) is 0 Å². The molecule has 0 bridgehead atoms. The number of anilines is 1. The molecule has 3 aromatic heterocycles. The molecule has 0 saturated carbocycles. The van der Waals surface area contributed by atoms with E-state index in [9.17, 15) is 4.79 Å². The molecule has 0 atom stereocenters. The molecule has 1 amide bonds. The Balaban J connectivity index is 1.74. The smallest absolute Gasteiger partial charge is 0.296 e. The van der Waals surface area contributed by atoms with Crippen molar-refractivity contribution in [3.8, 4) is 17.1 Å². The molecule has 0 aliphatic rings. The summed E-state index contributed by atoms with van der Waals surface area (Å²) in [7, 11) is 1.44. The molecule has 0 radical (unpaired) electrons. The number of nitrogens with one attached hydrogen (secondary N) is 1. The SMILES string of the molecule is COc1cc(C(=O)Nc2nc(-c3cccnc3)cs2)on1. The van der Waals surface area contributed by atoms with Gasteiger partial charge in [0.2, 0.25) is 5.76 Å². The van der Waals surface area contributed by atoms with Crippen LogP contribution in [-0.2, 0) is 0 Å². The molecule has 0 aliphatic carbocycles. The van der Waals surface area contributed by atoms with Gasteiger partial charge in [-0.1, -0.05) is 0 Å². The minimum Gasteiger partial charge on any atom is -0.479 e. The fourth-order valence-electron chi connectivity index (χ4n) is 1.60. The maximum Gasteiger partial charge on any atom is 0.296 e. The number of thiazole rings is 1. The summed E-state index contributed by atoms with van der Waals surface area (Å²) in [5.74, 6) is -0.127. The Kier molecular flexibility index (Phi) is 3.61. The molecule has 0 aliphatic heterocycles. The number of methoxy groups -OCH3 is 1. The van der Waals surface area contributed by atoms with E-state index in [1.807, 2.05) is 17.5 Å². The molecule has 3 heterocycles. The first-order chi connectivity index (χ1) is 10.3. The highest BCUT2D eigenvalue weighted by Crippen LogP contribution is 2.24. The molecule has 0 fully saturated rings. The van der Waals surface area contributed by atoms with Crippen LogP contribution in [0.25, 0.3) is 11.3 Å². The first-order valence-electron chi connectivity index (χ1n) is 5.94. The summed E-state index contributed by atoms with van der Waals surface area (Å²) in [4.78, 5) is 20.3. The van der Waals surface area contributed by atoms with Gasteiger partial charge in [0.05, 0.1) is 18.9 Å². The Labute approximate surface area is 123 Å². The molecular formula is C13H10N4O3S. The normalized spacial score (nSPS) is 10.3. The molecular weight excluding hydrogens is 292 g/mol. The third kappa shape index (κ3) is 2.90. The lowest BCUT2D eigenvalue weighted by Gasteiger charge is -1.96. The van der Waals surface area contributed by atoms with Crippen molar-refractivity contribution in [3.05, 3.63) is 41.7 Å². The molecule has 106 valence electrons.